The summed E-state index contributed by atoms with van der Waals surface area (Å²) in [6, 6.07) is 8.66. The van der Waals surface area contributed by atoms with Gasteiger partial charge in [0.25, 0.3) is 0 Å². The first-order valence-electron chi connectivity index (χ1n) is 7.49. The van der Waals surface area contributed by atoms with Crippen LogP contribution in [0.1, 0.15) is 26.2 Å². The summed E-state index contributed by atoms with van der Waals surface area (Å²) in [6.07, 6.45) is 4.04. The Morgan fingerprint density at radius 2 is 1.85 bits per heavy atom. The van der Waals surface area contributed by atoms with Crippen molar-refractivity contribution in [3.8, 4) is 11.5 Å². The fourth-order valence-corrected chi connectivity index (χ4v) is 2.91. The number of rotatable bonds is 9. The first kappa shape index (κ1) is 15.6. The molecule has 0 atom stereocenters. The van der Waals surface area contributed by atoms with E-state index in [0.29, 0.717) is 13.2 Å². The number of alkyl halides is 1. The Morgan fingerprint density at radius 3 is 2.40 bits per heavy atom. The topological polar surface area (TPSA) is 21.7 Å². The third-order valence-corrected chi connectivity index (χ3v) is 4.10. The van der Waals surface area contributed by atoms with Crippen LogP contribution in [0.4, 0.5) is 0 Å². The predicted octanol–water partition coefficient (Wildman–Crippen LogP) is 3.71. The fraction of sp³-hybridized carbons (Fsp3) is 0.625. The number of ether oxygens (including phenoxy) is 2. The van der Waals surface area contributed by atoms with Crippen LogP contribution in [0.3, 0.4) is 0 Å². The van der Waals surface area contributed by atoms with Gasteiger partial charge >= 0.3 is 0 Å². The van der Waals surface area contributed by atoms with Crippen molar-refractivity contribution in [3.05, 3.63) is 24.3 Å². The van der Waals surface area contributed by atoms with Crippen molar-refractivity contribution in [2.45, 2.75) is 32.2 Å². The highest BCUT2D eigenvalue weighted by Crippen LogP contribution is 2.27. The molecule has 1 aliphatic carbocycles. The van der Waals surface area contributed by atoms with Crippen molar-refractivity contribution >= 4 is 15.9 Å². The van der Waals surface area contributed by atoms with Crippen LogP contribution in [0.5, 0.6) is 11.5 Å². The van der Waals surface area contributed by atoms with Crippen molar-refractivity contribution in [2.75, 3.05) is 31.6 Å². The van der Waals surface area contributed by atoms with Crippen LogP contribution in [0.15, 0.2) is 24.3 Å². The van der Waals surface area contributed by atoms with E-state index in [4.69, 9.17) is 9.47 Å². The van der Waals surface area contributed by atoms with E-state index in [1.165, 1.54) is 19.3 Å². The van der Waals surface area contributed by atoms with E-state index in [9.17, 15) is 0 Å². The number of para-hydroxylation sites is 2. The van der Waals surface area contributed by atoms with Crippen LogP contribution in [0.2, 0.25) is 0 Å². The Morgan fingerprint density at radius 1 is 1.15 bits per heavy atom. The maximum Gasteiger partial charge on any atom is 0.161 e. The molecule has 0 bridgehead atoms. The molecule has 0 aromatic heterocycles. The molecule has 1 aromatic carbocycles. The number of hydrogen-bond acceptors (Lipinski definition) is 3. The molecule has 0 unspecified atom stereocenters. The predicted molar refractivity (Wildman–Crippen MR) is 86.1 cm³/mol. The third kappa shape index (κ3) is 4.38. The summed E-state index contributed by atoms with van der Waals surface area (Å²) in [5.74, 6) is 1.69. The number of hydrogen-bond donors (Lipinski definition) is 0. The molecule has 0 aliphatic heterocycles. The van der Waals surface area contributed by atoms with Gasteiger partial charge < -0.3 is 9.47 Å². The summed E-state index contributed by atoms with van der Waals surface area (Å²) >= 11 is 3.54. The second-order valence-corrected chi connectivity index (χ2v) is 5.83. The van der Waals surface area contributed by atoms with E-state index in [2.05, 4.69) is 20.8 Å². The smallest absolute Gasteiger partial charge is 0.161 e. The molecular formula is C16H24BrNO2. The molecule has 0 N–H and O–H groups in total. The highest BCUT2D eigenvalue weighted by molar-refractivity contribution is 9.09. The minimum atomic E-state index is 0.665. The highest BCUT2D eigenvalue weighted by Gasteiger charge is 2.24. The zero-order chi connectivity index (χ0) is 14.2. The second kappa shape index (κ2) is 8.53. The van der Waals surface area contributed by atoms with Gasteiger partial charge in [-0.25, -0.2) is 0 Å². The van der Waals surface area contributed by atoms with Gasteiger partial charge in [-0.3, -0.25) is 4.90 Å². The zero-order valence-corrected chi connectivity index (χ0v) is 13.8. The molecule has 112 valence electrons. The van der Waals surface area contributed by atoms with Gasteiger partial charge in [-0.2, -0.15) is 0 Å². The summed E-state index contributed by atoms with van der Waals surface area (Å²) in [5, 5.41) is 1.03. The van der Waals surface area contributed by atoms with E-state index >= 15 is 0 Å². The Balaban J connectivity index is 1.81. The van der Waals surface area contributed by atoms with E-state index < -0.39 is 0 Å². The van der Waals surface area contributed by atoms with Crippen molar-refractivity contribution in [1.29, 1.82) is 0 Å². The van der Waals surface area contributed by atoms with Gasteiger partial charge in [0.15, 0.2) is 11.5 Å². The monoisotopic (exact) mass is 341 g/mol. The van der Waals surface area contributed by atoms with Crippen LogP contribution >= 0.6 is 15.9 Å². The highest BCUT2D eigenvalue weighted by atomic mass is 79.9. The molecule has 0 saturated heterocycles. The maximum absolute atomic E-state index is 5.90. The number of halogens is 1. The summed E-state index contributed by atoms with van der Waals surface area (Å²) in [5.41, 5.74) is 0. The molecule has 1 saturated carbocycles. The normalized spacial score (nSPS) is 15.2. The van der Waals surface area contributed by atoms with Crippen LogP contribution in [0, 0.1) is 0 Å². The van der Waals surface area contributed by atoms with Gasteiger partial charge in [0.05, 0.1) is 6.61 Å². The number of nitrogens with zero attached hydrogens (tertiary/aromatic N) is 1. The molecule has 2 rings (SSSR count). The lowest BCUT2D eigenvalue weighted by Gasteiger charge is -2.37. The van der Waals surface area contributed by atoms with E-state index in [0.717, 1.165) is 36.0 Å². The van der Waals surface area contributed by atoms with Gasteiger partial charge in [-0.05, 0) is 31.9 Å². The van der Waals surface area contributed by atoms with Crippen LogP contribution in [0.25, 0.3) is 0 Å². The molecule has 3 nitrogen and oxygen atoms in total. The van der Waals surface area contributed by atoms with Gasteiger partial charge in [0.2, 0.25) is 0 Å². The lowest BCUT2D eigenvalue weighted by Crippen LogP contribution is -2.43. The lowest BCUT2D eigenvalue weighted by atomic mass is 9.91. The van der Waals surface area contributed by atoms with Gasteiger partial charge in [-0.15, -0.1) is 0 Å². The summed E-state index contributed by atoms with van der Waals surface area (Å²) in [6.45, 7) is 5.45. The van der Waals surface area contributed by atoms with Crippen molar-refractivity contribution in [3.63, 3.8) is 0 Å². The molecule has 4 heteroatoms. The zero-order valence-electron chi connectivity index (χ0n) is 12.2. The molecule has 1 aliphatic rings. The molecule has 0 radical (unpaired) electrons. The average Bonchev–Trinajstić information content (AvgIpc) is 2.39. The summed E-state index contributed by atoms with van der Waals surface area (Å²) in [4.78, 5) is 2.53. The SMILES string of the molecule is CCOc1ccccc1OCCN(CCBr)C1CCC1. The maximum atomic E-state index is 5.90. The minimum Gasteiger partial charge on any atom is -0.490 e. The van der Waals surface area contributed by atoms with Gasteiger partial charge in [-0.1, -0.05) is 34.5 Å². The van der Waals surface area contributed by atoms with Crippen molar-refractivity contribution < 1.29 is 9.47 Å². The van der Waals surface area contributed by atoms with Crippen LogP contribution in [-0.4, -0.2) is 42.6 Å². The quantitative estimate of drug-likeness (QED) is 0.639. The van der Waals surface area contributed by atoms with E-state index in [1.807, 2.05) is 31.2 Å². The third-order valence-electron chi connectivity index (χ3n) is 3.75. The lowest BCUT2D eigenvalue weighted by molar-refractivity contribution is 0.113. The first-order valence-corrected chi connectivity index (χ1v) is 8.62. The molecule has 1 fully saturated rings. The van der Waals surface area contributed by atoms with Crippen molar-refractivity contribution in [1.82, 2.24) is 4.90 Å². The van der Waals surface area contributed by atoms with Gasteiger partial charge in [0, 0.05) is 24.5 Å². The molecule has 20 heavy (non-hydrogen) atoms. The summed E-state index contributed by atoms with van der Waals surface area (Å²) in [7, 11) is 0. The molecule has 0 heterocycles. The van der Waals surface area contributed by atoms with Crippen LogP contribution < -0.4 is 9.47 Å². The largest absolute Gasteiger partial charge is 0.490 e. The van der Waals surface area contributed by atoms with Crippen molar-refractivity contribution in [2.24, 2.45) is 0 Å². The first-order chi connectivity index (χ1) is 9.85. The Hall–Kier alpha value is -0.740. The molecule has 0 amide bonds. The van der Waals surface area contributed by atoms with Crippen LogP contribution in [-0.2, 0) is 0 Å². The Kier molecular flexibility index (Phi) is 6.67. The van der Waals surface area contributed by atoms with Gasteiger partial charge in [0.1, 0.15) is 6.61 Å². The molecule has 0 spiro atoms. The number of benzene rings is 1. The fourth-order valence-electron chi connectivity index (χ4n) is 2.45. The van der Waals surface area contributed by atoms with E-state index in [1.54, 1.807) is 0 Å². The summed E-state index contributed by atoms with van der Waals surface area (Å²) < 4.78 is 11.5. The molecule has 1 aromatic rings. The Bertz CT molecular complexity index is 396. The Labute approximate surface area is 130 Å². The molecular weight excluding hydrogens is 318 g/mol. The standard InChI is InChI=1S/C16H24BrNO2/c1-2-19-15-8-3-4-9-16(15)20-13-12-18(11-10-17)14-6-5-7-14/h3-4,8-9,14H,2,5-7,10-13H2,1H3. The average molecular weight is 342 g/mol. The minimum absolute atomic E-state index is 0.665. The van der Waals surface area contributed by atoms with E-state index in [-0.39, 0.29) is 0 Å². The second-order valence-electron chi connectivity index (χ2n) is 5.04.